The van der Waals surface area contributed by atoms with E-state index in [1.54, 1.807) is 10.7 Å². The molecule has 9 heteroatoms. The molecule has 2 heterocycles. The molecule has 0 saturated heterocycles. The van der Waals surface area contributed by atoms with Gasteiger partial charge in [0.05, 0.1) is 24.4 Å². The molecule has 0 amide bonds. The van der Waals surface area contributed by atoms with Crippen LogP contribution >= 0.6 is 11.6 Å². The molecule has 4 aromatic rings. The first-order chi connectivity index (χ1) is 14.0. The van der Waals surface area contributed by atoms with E-state index in [9.17, 15) is 4.79 Å². The van der Waals surface area contributed by atoms with E-state index in [2.05, 4.69) is 25.8 Å². The Kier molecular flexibility index (Phi) is 4.94. The normalized spacial score (nSPS) is 12.1. The van der Waals surface area contributed by atoms with Crippen molar-refractivity contribution in [2.24, 2.45) is 0 Å². The Balaban J connectivity index is 1.66. The highest BCUT2D eigenvalue weighted by atomic mass is 35.5. The molecule has 0 saturated carbocycles. The molecule has 0 spiro atoms. The number of pyridine rings is 1. The number of H-pyrrole nitrogens is 1. The zero-order valence-corrected chi connectivity index (χ0v) is 16.9. The van der Waals surface area contributed by atoms with Crippen molar-refractivity contribution in [1.82, 2.24) is 25.2 Å². The fourth-order valence-electron chi connectivity index (χ4n) is 3.24. The number of fused-ring (bicyclic) bond motifs is 1. The number of rotatable bonds is 5. The monoisotopic (exact) mass is 410 g/mol. The Morgan fingerprint density at radius 2 is 2.07 bits per heavy atom. The molecule has 0 radical (unpaired) electrons. The van der Waals surface area contributed by atoms with Gasteiger partial charge in [-0.1, -0.05) is 17.7 Å². The number of ether oxygens (including phenoxy) is 1. The SMILES string of the molecule is COc1ccc2cc([C@H](C)Nc3cccc(-n4nnnc4C)c3)c(=O)[nH]c2c1Cl. The molecule has 0 unspecified atom stereocenters. The summed E-state index contributed by atoms with van der Waals surface area (Å²) >= 11 is 6.33. The first-order valence-corrected chi connectivity index (χ1v) is 9.37. The van der Waals surface area contributed by atoms with Gasteiger partial charge in [-0.25, -0.2) is 0 Å². The molecule has 2 aromatic heterocycles. The molecular weight excluding hydrogens is 392 g/mol. The van der Waals surface area contributed by atoms with Crippen LogP contribution in [0.25, 0.3) is 16.6 Å². The molecule has 2 N–H and O–H groups in total. The van der Waals surface area contributed by atoms with Crippen molar-refractivity contribution in [1.29, 1.82) is 0 Å². The van der Waals surface area contributed by atoms with Gasteiger partial charge in [-0.05, 0) is 60.7 Å². The molecule has 0 aliphatic heterocycles. The van der Waals surface area contributed by atoms with Crippen LogP contribution in [0.1, 0.15) is 24.4 Å². The minimum absolute atomic E-state index is 0.208. The number of anilines is 1. The maximum absolute atomic E-state index is 12.7. The van der Waals surface area contributed by atoms with Crippen LogP contribution < -0.4 is 15.6 Å². The van der Waals surface area contributed by atoms with Crippen molar-refractivity contribution in [3.8, 4) is 11.4 Å². The highest BCUT2D eigenvalue weighted by Crippen LogP contribution is 2.31. The van der Waals surface area contributed by atoms with Gasteiger partial charge in [0, 0.05) is 16.6 Å². The van der Waals surface area contributed by atoms with Gasteiger partial charge < -0.3 is 15.0 Å². The molecule has 0 bridgehead atoms. The van der Waals surface area contributed by atoms with Crippen LogP contribution in [0.2, 0.25) is 5.02 Å². The average Bonchev–Trinajstić information content (AvgIpc) is 3.14. The summed E-state index contributed by atoms with van der Waals surface area (Å²) in [7, 11) is 1.54. The van der Waals surface area contributed by atoms with E-state index in [-0.39, 0.29) is 11.6 Å². The fourth-order valence-corrected chi connectivity index (χ4v) is 3.54. The van der Waals surface area contributed by atoms with Crippen LogP contribution in [0.15, 0.2) is 47.3 Å². The van der Waals surface area contributed by atoms with E-state index in [0.29, 0.717) is 27.7 Å². The Bertz CT molecular complexity index is 1250. The summed E-state index contributed by atoms with van der Waals surface area (Å²) in [5, 5.41) is 16.1. The Labute approximate surface area is 171 Å². The minimum atomic E-state index is -0.241. The number of halogens is 1. The van der Waals surface area contributed by atoms with Crippen molar-refractivity contribution in [3.05, 3.63) is 69.2 Å². The van der Waals surface area contributed by atoms with Crippen LogP contribution in [0.5, 0.6) is 5.75 Å². The predicted octanol–water partition coefficient (Wildman–Crippen LogP) is 3.65. The molecule has 4 rings (SSSR count). The zero-order chi connectivity index (χ0) is 20.5. The van der Waals surface area contributed by atoms with Crippen molar-refractivity contribution < 1.29 is 4.74 Å². The number of hydrogen-bond acceptors (Lipinski definition) is 6. The number of aryl methyl sites for hydroxylation is 1. The summed E-state index contributed by atoms with van der Waals surface area (Å²) in [4.78, 5) is 15.6. The minimum Gasteiger partial charge on any atom is -0.495 e. The van der Waals surface area contributed by atoms with E-state index in [4.69, 9.17) is 16.3 Å². The smallest absolute Gasteiger partial charge is 0.253 e. The first-order valence-electron chi connectivity index (χ1n) is 8.99. The molecule has 0 aliphatic rings. The lowest BCUT2D eigenvalue weighted by molar-refractivity contribution is 0.415. The van der Waals surface area contributed by atoms with Crippen LogP contribution in [-0.2, 0) is 0 Å². The number of hydrogen-bond donors (Lipinski definition) is 2. The molecule has 0 fully saturated rings. The molecule has 29 heavy (non-hydrogen) atoms. The third-order valence-corrected chi connectivity index (χ3v) is 5.11. The van der Waals surface area contributed by atoms with E-state index in [0.717, 1.165) is 16.8 Å². The number of methoxy groups -OCH3 is 1. The largest absolute Gasteiger partial charge is 0.495 e. The Hall–Kier alpha value is -3.39. The summed E-state index contributed by atoms with van der Waals surface area (Å²) in [5.41, 5.74) is 2.62. The molecule has 2 aromatic carbocycles. The number of nitrogens with one attached hydrogen (secondary N) is 2. The molecule has 8 nitrogen and oxygen atoms in total. The van der Waals surface area contributed by atoms with Crippen molar-refractivity contribution in [3.63, 3.8) is 0 Å². The van der Waals surface area contributed by atoms with E-state index in [1.807, 2.05) is 50.2 Å². The van der Waals surface area contributed by atoms with E-state index < -0.39 is 0 Å². The first kappa shape index (κ1) is 18.9. The van der Waals surface area contributed by atoms with Crippen LogP contribution in [0, 0.1) is 6.92 Å². The van der Waals surface area contributed by atoms with E-state index in [1.165, 1.54) is 7.11 Å². The van der Waals surface area contributed by atoms with Gasteiger partial charge in [0.1, 0.15) is 10.8 Å². The third-order valence-electron chi connectivity index (χ3n) is 4.74. The predicted molar refractivity (Wildman–Crippen MR) is 112 cm³/mol. The number of tetrazole rings is 1. The maximum atomic E-state index is 12.7. The van der Waals surface area contributed by atoms with Gasteiger partial charge in [0.2, 0.25) is 0 Å². The second-order valence-corrected chi connectivity index (χ2v) is 7.03. The van der Waals surface area contributed by atoms with Gasteiger partial charge in [-0.15, -0.1) is 5.10 Å². The topological polar surface area (TPSA) is 97.7 Å². The summed E-state index contributed by atoms with van der Waals surface area (Å²) in [6.45, 7) is 3.76. The van der Waals surface area contributed by atoms with Crippen LogP contribution in [-0.4, -0.2) is 32.3 Å². The highest BCUT2D eigenvalue weighted by molar-refractivity contribution is 6.36. The molecule has 0 aliphatic carbocycles. The van der Waals surface area contributed by atoms with E-state index >= 15 is 0 Å². The number of nitrogens with zero attached hydrogens (tertiary/aromatic N) is 4. The molecule has 1 atom stereocenters. The number of aromatic nitrogens is 5. The second kappa shape index (κ2) is 7.56. The van der Waals surface area contributed by atoms with Gasteiger partial charge >= 0.3 is 0 Å². The number of benzene rings is 2. The average molecular weight is 411 g/mol. The Morgan fingerprint density at radius 1 is 1.24 bits per heavy atom. The second-order valence-electron chi connectivity index (χ2n) is 6.65. The summed E-state index contributed by atoms with van der Waals surface area (Å²) in [6, 6.07) is 12.9. The van der Waals surface area contributed by atoms with Gasteiger partial charge in [-0.2, -0.15) is 4.68 Å². The lowest BCUT2D eigenvalue weighted by Gasteiger charge is -2.17. The summed E-state index contributed by atoms with van der Waals surface area (Å²) < 4.78 is 6.86. The summed E-state index contributed by atoms with van der Waals surface area (Å²) in [5.74, 6) is 1.21. The molecule has 148 valence electrons. The standard InChI is InChI=1S/C20H19ClN6O2/c1-11(22-14-5-4-6-15(10-14)27-12(2)24-25-26-27)16-9-13-7-8-17(29-3)18(21)19(13)23-20(16)28/h4-11,22H,1-3H3,(H,23,28)/t11-/m0/s1. The number of aromatic amines is 1. The lowest BCUT2D eigenvalue weighted by atomic mass is 10.1. The molecular formula is C20H19ClN6O2. The summed E-state index contributed by atoms with van der Waals surface area (Å²) in [6.07, 6.45) is 0. The maximum Gasteiger partial charge on any atom is 0.253 e. The fraction of sp³-hybridized carbons (Fsp3) is 0.200. The van der Waals surface area contributed by atoms with Crippen LogP contribution in [0.3, 0.4) is 0 Å². The van der Waals surface area contributed by atoms with Crippen molar-refractivity contribution >= 4 is 28.2 Å². The van der Waals surface area contributed by atoms with Crippen molar-refractivity contribution in [2.75, 3.05) is 12.4 Å². The highest BCUT2D eigenvalue weighted by Gasteiger charge is 2.15. The van der Waals surface area contributed by atoms with Crippen molar-refractivity contribution in [2.45, 2.75) is 19.9 Å². The van der Waals surface area contributed by atoms with Crippen LogP contribution in [0.4, 0.5) is 5.69 Å². The zero-order valence-electron chi connectivity index (χ0n) is 16.1. The Morgan fingerprint density at radius 3 is 2.79 bits per heavy atom. The van der Waals surface area contributed by atoms with Gasteiger partial charge in [0.15, 0.2) is 5.82 Å². The third kappa shape index (κ3) is 3.54. The lowest BCUT2D eigenvalue weighted by Crippen LogP contribution is -2.19. The van der Waals surface area contributed by atoms with Gasteiger partial charge in [0.25, 0.3) is 5.56 Å². The van der Waals surface area contributed by atoms with Gasteiger partial charge in [-0.3, -0.25) is 4.79 Å². The quantitative estimate of drug-likeness (QED) is 0.521.